The Kier molecular flexibility index (Phi) is 4.76. The summed E-state index contributed by atoms with van der Waals surface area (Å²) in [6.45, 7) is 4.35. The first-order chi connectivity index (χ1) is 12.1. The van der Waals surface area contributed by atoms with Gasteiger partial charge in [0.05, 0.1) is 6.67 Å². The first kappa shape index (κ1) is 18.7. The van der Waals surface area contributed by atoms with E-state index in [0.29, 0.717) is 13.1 Å². The fourth-order valence-corrected chi connectivity index (χ4v) is 4.54. The van der Waals surface area contributed by atoms with E-state index in [2.05, 4.69) is 5.32 Å². The lowest BCUT2D eigenvalue weighted by atomic mass is 10.1. The lowest BCUT2D eigenvalue weighted by molar-refractivity contribution is -0.131. The first-order valence-corrected chi connectivity index (χ1v) is 9.68. The summed E-state index contributed by atoms with van der Waals surface area (Å²) >= 11 is 0. The number of nitrogens with one attached hydrogen (secondary N) is 1. The highest BCUT2D eigenvalue weighted by molar-refractivity contribution is 7.89. The fraction of sp³-hybridized carbons (Fsp3) is 0.500. The number of carbonyl (C=O) groups is 2. The molecule has 0 spiro atoms. The SMILES string of the molecule is CC1(C)NC(=O)N(CN2CCN(S(=O)(=O)c3ccccc3F)CC2)C1=O. The second-order valence-electron chi connectivity index (χ2n) is 6.88. The summed E-state index contributed by atoms with van der Waals surface area (Å²) in [6, 6.07) is 4.81. The molecule has 26 heavy (non-hydrogen) atoms. The van der Waals surface area contributed by atoms with E-state index in [-0.39, 0.29) is 30.6 Å². The Balaban J connectivity index is 1.64. The molecule has 2 saturated heterocycles. The maximum absolute atomic E-state index is 13.8. The van der Waals surface area contributed by atoms with E-state index >= 15 is 0 Å². The molecule has 0 aromatic heterocycles. The van der Waals surface area contributed by atoms with Crippen LogP contribution in [0.25, 0.3) is 0 Å². The Morgan fingerprint density at radius 1 is 1.12 bits per heavy atom. The smallest absolute Gasteiger partial charge is 0.324 e. The number of rotatable bonds is 4. The van der Waals surface area contributed by atoms with Gasteiger partial charge in [0.2, 0.25) is 10.0 Å². The zero-order chi connectivity index (χ0) is 19.1. The lowest BCUT2D eigenvalue weighted by Crippen LogP contribution is -2.52. The van der Waals surface area contributed by atoms with Gasteiger partial charge in [0.15, 0.2) is 0 Å². The van der Waals surface area contributed by atoms with Crippen LogP contribution in [0.1, 0.15) is 13.8 Å². The molecule has 2 fully saturated rings. The number of urea groups is 1. The molecule has 0 unspecified atom stereocenters. The van der Waals surface area contributed by atoms with Crippen molar-refractivity contribution in [2.24, 2.45) is 0 Å². The van der Waals surface area contributed by atoms with Crippen LogP contribution in [-0.2, 0) is 14.8 Å². The van der Waals surface area contributed by atoms with Crippen molar-refractivity contribution in [1.29, 1.82) is 0 Å². The van der Waals surface area contributed by atoms with Gasteiger partial charge in [-0.1, -0.05) is 12.1 Å². The highest BCUT2D eigenvalue weighted by Crippen LogP contribution is 2.21. The third-order valence-electron chi connectivity index (χ3n) is 4.57. The summed E-state index contributed by atoms with van der Waals surface area (Å²) in [7, 11) is -3.91. The second kappa shape index (κ2) is 6.60. The maximum atomic E-state index is 13.8. The van der Waals surface area contributed by atoms with Gasteiger partial charge in [0.1, 0.15) is 16.3 Å². The molecule has 2 aliphatic rings. The number of hydrogen-bond acceptors (Lipinski definition) is 5. The normalized spacial score (nSPS) is 21.9. The number of carbonyl (C=O) groups excluding carboxylic acids is 2. The van der Waals surface area contributed by atoms with Gasteiger partial charge in [-0.2, -0.15) is 4.31 Å². The summed E-state index contributed by atoms with van der Waals surface area (Å²) in [6.07, 6.45) is 0. The fourth-order valence-electron chi connectivity index (χ4n) is 3.05. The molecule has 142 valence electrons. The van der Waals surface area contributed by atoms with Gasteiger partial charge in [-0.05, 0) is 26.0 Å². The van der Waals surface area contributed by atoms with E-state index < -0.39 is 27.4 Å². The summed E-state index contributed by atoms with van der Waals surface area (Å²) < 4.78 is 40.2. The van der Waals surface area contributed by atoms with Gasteiger partial charge in [-0.15, -0.1) is 0 Å². The minimum Gasteiger partial charge on any atom is -0.324 e. The highest BCUT2D eigenvalue weighted by atomic mass is 32.2. The molecule has 10 heteroatoms. The van der Waals surface area contributed by atoms with Crippen LogP contribution < -0.4 is 5.32 Å². The van der Waals surface area contributed by atoms with Crippen LogP contribution in [0.15, 0.2) is 29.2 Å². The summed E-state index contributed by atoms with van der Waals surface area (Å²) in [5, 5.41) is 2.61. The van der Waals surface area contributed by atoms with Gasteiger partial charge in [0.25, 0.3) is 5.91 Å². The van der Waals surface area contributed by atoms with Gasteiger partial charge >= 0.3 is 6.03 Å². The molecular formula is C16H21FN4O4S. The van der Waals surface area contributed by atoms with Crippen LogP contribution in [-0.4, -0.2) is 72.8 Å². The summed E-state index contributed by atoms with van der Waals surface area (Å²) in [4.78, 5) is 26.8. The zero-order valence-electron chi connectivity index (χ0n) is 14.6. The molecule has 0 atom stereocenters. The van der Waals surface area contributed by atoms with Crippen molar-refractivity contribution in [2.75, 3.05) is 32.8 Å². The minimum atomic E-state index is -3.91. The standard InChI is InChI=1S/C16H21FN4O4S/c1-16(2)14(22)21(15(23)18-16)11-19-7-9-20(10-8-19)26(24,25)13-6-4-3-5-12(13)17/h3-6H,7-11H2,1-2H3,(H,18,23). The average molecular weight is 384 g/mol. The van der Waals surface area contributed by atoms with Crippen LogP contribution in [0.5, 0.6) is 0 Å². The quantitative estimate of drug-likeness (QED) is 0.760. The van der Waals surface area contributed by atoms with Crippen LogP contribution in [0.4, 0.5) is 9.18 Å². The molecule has 2 heterocycles. The van der Waals surface area contributed by atoms with Gasteiger partial charge in [0, 0.05) is 26.2 Å². The van der Waals surface area contributed by atoms with Crippen molar-refractivity contribution in [3.05, 3.63) is 30.1 Å². The van der Waals surface area contributed by atoms with E-state index in [9.17, 15) is 22.4 Å². The Morgan fingerprint density at radius 2 is 1.73 bits per heavy atom. The zero-order valence-corrected chi connectivity index (χ0v) is 15.4. The Morgan fingerprint density at radius 3 is 2.27 bits per heavy atom. The van der Waals surface area contributed by atoms with Crippen LogP contribution >= 0.6 is 0 Å². The second-order valence-corrected chi connectivity index (χ2v) is 8.79. The Labute approximate surface area is 151 Å². The first-order valence-electron chi connectivity index (χ1n) is 8.24. The van der Waals surface area contributed by atoms with E-state index in [4.69, 9.17) is 0 Å². The third-order valence-corrected chi connectivity index (χ3v) is 6.50. The topological polar surface area (TPSA) is 90.0 Å². The molecule has 0 aliphatic carbocycles. The monoisotopic (exact) mass is 384 g/mol. The van der Waals surface area contributed by atoms with Crippen molar-refractivity contribution in [1.82, 2.24) is 19.4 Å². The van der Waals surface area contributed by atoms with E-state index in [1.807, 2.05) is 4.90 Å². The summed E-state index contributed by atoms with van der Waals surface area (Å²) in [5.41, 5.74) is -0.937. The molecule has 2 aliphatic heterocycles. The number of benzene rings is 1. The van der Waals surface area contributed by atoms with Gasteiger partial charge in [-0.3, -0.25) is 9.69 Å². The number of piperazine rings is 1. The van der Waals surface area contributed by atoms with Crippen molar-refractivity contribution < 1.29 is 22.4 Å². The molecule has 0 bridgehead atoms. The van der Waals surface area contributed by atoms with Crippen molar-refractivity contribution >= 4 is 22.0 Å². The minimum absolute atomic E-state index is 0.0989. The number of amides is 3. The molecule has 3 rings (SSSR count). The number of sulfonamides is 1. The predicted molar refractivity (Wildman–Crippen MR) is 91.1 cm³/mol. The number of halogens is 1. The van der Waals surface area contributed by atoms with Gasteiger partial charge < -0.3 is 5.32 Å². The predicted octanol–water partition coefficient (Wildman–Crippen LogP) is 0.420. The van der Waals surface area contributed by atoms with Crippen molar-refractivity contribution in [3.8, 4) is 0 Å². The van der Waals surface area contributed by atoms with Crippen LogP contribution in [0, 0.1) is 5.82 Å². The van der Waals surface area contributed by atoms with Crippen LogP contribution in [0.2, 0.25) is 0 Å². The number of imide groups is 1. The molecule has 1 aromatic carbocycles. The molecule has 1 N–H and O–H groups in total. The maximum Gasteiger partial charge on any atom is 0.326 e. The Hall–Kier alpha value is -2.04. The van der Waals surface area contributed by atoms with Crippen molar-refractivity contribution in [2.45, 2.75) is 24.3 Å². The average Bonchev–Trinajstić information content (AvgIpc) is 2.77. The molecule has 8 nitrogen and oxygen atoms in total. The molecule has 0 saturated carbocycles. The molecule has 1 aromatic rings. The van der Waals surface area contributed by atoms with Crippen LogP contribution in [0.3, 0.4) is 0 Å². The summed E-state index contributed by atoms with van der Waals surface area (Å²) in [5.74, 6) is -1.10. The van der Waals surface area contributed by atoms with E-state index in [1.165, 1.54) is 22.5 Å². The van der Waals surface area contributed by atoms with E-state index in [1.54, 1.807) is 13.8 Å². The lowest BCUT2D eigenvalue weighted by Gasteiger charge is -2.35. The number of hydrogen-bond donors (Lipinski definition) is 1. The van der Waals surface area contributed by atoms with Gasteiger partial charge in [-0.25, -0.2) is 22.5 Å². The molecule has 3 amide bonds. The molecular weight excluding hydrogens is 363 g/mol. The van der Waals surface area contributed by atoms with E-state index in [0.717, 1.165) is 11.0 Å². The van der Waals surface area contributed by atoms with Crippen molar-refractivity contribution in [3.63, 3.8) is 0 Å². The third kappa shape index (κ3) is 3.31. The Bertz CT molecular complexity index is 834. The number of nitrogens with zero attached hydrogens (tertiary/aromatic N) is 3. The largest absolute Gasteiger partial charge is 0.326 e. The highest BCUT2D eigenvalue weighted by Gasteiger charge is 2.45. The molecule has 0 radical (unpaired) electrons.